The maximum atomic E-state index is 12.6. The molecular weight excluding hydrogens is 288 g/mol. The number of rotatable bonds is 3. The molecule has 1 aliphatic heterocycles. The zero-order valence-corrected chi connectivity index (χ0v) is 14.0. The van der Waals surface area contributed by atoms with Crippen molar-refractivity contribution in [3.63, 3.8) is 0 Å². The smallest absolute Gasteiger partial charge is 0.227 e. The van der Waals surface area contributed by atoms with E-state index in [0.29, 0.717) is 18.9 Å². The molecule has 1 aliphatic carbocycles. The molecule has 2 amide bonds. The second-order valence-corrected chi connectivity index (χ2v) is 7.07. The predicted octanol–water partition coefficient (Wildman–Crippen LogP) is 3.04. The number of benzene rings is 1. The molecule has 0 unspecified atom stereocenters. The highest BCUT2D eigenvalue weighted by molar-refractivity contribution is 6.00. The van der Waals surface area contributed by atoms with Crippen LogP contribution in [0, 0.1) is 18.8 Å². The Labute approximate surface area is 138 Å². The molecule has 1 N–H and O–H groups in total. The van der Waals surface area contributed by atoms with Crippen molar-refractivity contribution in [2.24, 2.45) is 11.8 Å². The molecule has 2 fully saturated rings. The first kappa shape index (κ1) is 16.0. The maximum Gasteiger partial charge on any atom is 0.227 e. The van der Waals surface area contributed by atoms with Crippen molar-refractivity contribution in [2.75, 3.05) is 11.4 Å². The first-order valence-electron chi connectivity index (χ1n) is 8.72. The highest BCUT2D eigenvalue weighted by atomic mass is 16.2. The van der Waals surface area contributed by atoms with Gasteiger partial charge in [-0.1, -0.05) is 38.0 Å². The minimum atomic E-state index is -0.226. The normalized spacial score (nSPS) is 28.0. The van der Waals surface area contributed by atoms with Crippen molar-refractivity contribution in [3.8, 4) is 0 Å². The summed E-state index contributed by atoms with van der Waals surface area (Å²) in [4.78, 5) is 26.7. The van der Waals surface area contributed by atoms with Crippen molar-refractivity contribution in [1.29, 1.82) is 0 Å². The Balaban J connectivity index is 1.65. The number of carbonyl (C=O) groups excluding carboxylic acids is 2. The van der Waals surface area contributed by atoms with Crippen LogP contribution in [0.25, 0.3) is 0 Å². The van der Waals surface area contributed by atoms with E-state index in [1.165, 1.54) is 19.3 Å². The summed E-state index contributed by atoms with van der Waals surface area (Å²) < 4.78 is 0. The second-order valence-electron chi connectivity index (χ2n) is 7.07. The van der Waals surface area contributed by atoms with Crippen molar-refractivity contribution in [2.45, 2.75) is 52.0 Å². The number of carbonyl (C=O) groups is 2. The Bertz CT molecular complexity index is 599. The lowest BCUT2D eigenvalue weighted by molar-refractivity contribution is -0.127. The van der Waals surface area contributed by atoms with Crippen LogP contribution in [-0.4, -0.2) is 24.4 Å². The molecule has 1 aromatic carbocycles. The van der Waals surface area contributed by atoms with E-state index in [1.54, 1.807) is 4.90 Å². The van der Waals surface area contributed by atoms with Crippen LogP contribution in [-0.2, 0) is 9.59 Å². The van der Waals surface area contributed by atoms with Crippen LogP contribution in [0.1, 0.15) is 44.6 Å². The van der Waals surface area contributed by atoms with E-state index < -0.39 is 0 Å². The zero-order valence-electron chi connectivity index (χ0n) is 14.0. The molecule has 0 radical (unpaired) electrons. The largest absolute Gasteiger partial charge is 0.353 e. The third-order valence-corrected chi connectivity index (χ3v) is 5.34. The minimum absolute atomic E-state index is 0.0492. The average Bonchev–Trinajstić information content (AvgIpc) is 2.92. The summed E-state index contributed by atoms with van der Waals surface area (Å²) in [6.45, 7) is 4.71. The Kier molecular flexibility index (Phi) is 4.69. The zero-order chi connectivity index (χ0) is 16.4. The molecule has 0 spiro atoms. The lowest BCUT2D eigenvalue weighted by Crippen LogP contribution is -2.44. The molecule has 1 heterocycles. The number of hydrogen-bond donors (Lipinski definition) is 1. The molecule has 124 valence electrons. The number of aryl methyl sites for hydroxylation is 1. The fourth-order valence-electron chi connectivity index (χ4n) is 3.81. The predicted molar refractivity (Wildman–Crippen MR) is 91.2 cm³/mol. The van der Waals surface area contributed by atoms with E-state index in [1.807, 2.05) is 31.2 Å². The summed E-state index contributed by atoms with van der Waals surface area (Å²) in [5, 5.41) is 3.20. The third-order valence-electron chi connectivity index (χ3n) is 5.34. The molecule has 3 rings (SSSR count). The van der Waals surface area contributed by atoms with E-state index in [-0.39, 0.29) is 23.8 Å². The van der Waals surface area contributed by atoms with Gasteiger partial charge in [-0.3, -0.25) is 9.59 Å². The number of nitrogens with one attached hydrogen (secondary N) is 1. The number of nitrogens with zero attached hydrogens (tertiary/aromatic N) is 1. The van der Waals surface area contributed by atoms with Gasteiger partial charge in [0, 0.05) is 24.7 Å². The molecule has 23 heavy (non-hydrogen) atoms. The van der Waals surface area contributed by atoms with Crippen molar-refractivity contribution >= 4 is 17.5 Å². The van der Waals surface area contributed by atoms with Gasteiger partial charge < -0.3 is 10.2 Å². The molecule has 3 atom stereocenters. The molecule has 4 nitrogen and oxygen atoms in total. The number of hydrogen-bond acceptors (Lipinski definition) is 2. The Morgan fingerprint density at radius 1 is 1.22 bits per heavy atom. The van der Waals surface area contributed by atoms with Crippen molar-refractivity contribution in [3.05, 3.63) is 29.8 Å². The van der Waals surface area contributed by atoms with Gasteiger partial charge in [-0.15, -0.1) is 0 Å². The number of para-hydroxylation sites is 1. The first-order valence-corrected chi connectivity index (χ1v) is 8.72. The van der Waals surface area contributed by atoms with E-state index in [4.69, 9.17) is 0 Å². The fraction of sp³-hybridized carbons (Fsp3) is 0.579. The fourth-order valence-corrected chi connectivity index (χ4v) is 3.81. The highest BCUT2D eigenvalue weighted by Gasteiger charge is 2.36. The van der Waals surface area contributed by atoms with Crippen molar-refractivity contribution in [1.82, 2.24) is 5.32 Å². The summed E-state index contributed by atoms with van der Waals surface area (Å²) in [5.41, 5.74) is 2.00. The SMILES string of the molecule is Cc1ccccc1N1C[C@H](C(=O)N[C@@H]2CCCC[C@H]2C)CC1=O. The summed E-state index contributed by atoms with van der Waals surface area (Å²) in [6.07, 6.45) is 5.02. The summed E-state index contributed by atoms with van der Waals surface area (Å²) in [6, 6.07) is 8.14. The molecule has 1 aromatic rings. The average molecular weight is 314 g/mol. The van der Waals surface area contributed by atoms with Gasteiger partial charge in [0.05, 0.1) is 5.92 Å². The Hall–Kier alpha value is -1.84. The van der Waals surface area contributed by atoms with Crippen LogP contribution >= 0.6 is 0 Å². The number of anilines is 1. The Morgan fingerprint density at radius 3 is 2.70 bits per heavy atom. The molecule has 0 bridgehead atoms. The molecule has 0 aromatic heterocycles. The quantitative estimate of drug-likeness (QED) is 0.932. The first-order chi connectivity index (χ1) is 11.1. The number of amides is 2. The highest BCUT2D eigenvalue weighted by Crippen LogP contribution is 2.29. The van der Waals surface area contributed by atoms with E-state index in [9.17, 15) is 9.59 Å². The Morgan fingerprint density at radius 2 is 1.96 bits per heavy atom. The van der Waals surface area contributed by atoms with Crippen molar-refractivity contribution < 1.29 is 9.59 Å². The monoisotopic (exact) mass is 314 g/mol. The standard InChI is InChI=1S/C19H26N2O2/c1-13-7-3-5-9-16(13)20-19(23)15-11-18(22)21(12-15)17-10-6-4-8-14(17)2/h4,6,8,10,13,15-16H,3,5,7,9,11-12H2,1-2H3,(H,20,23)/t13-,15-,16-/m1/s1. The van der Waals surface area contributed by atoms with Crippen LogP contribution < -0.4 is 10.2 Å². The molecule has 1 saturated carbocycles. The van der Waals surface area contributed by atoms with Crippen LogP contribution in [0.4, 0.5) is 5.69 Å². The van der Waals surface area contributed by atoms with Crippen LogP contribution in [0.3, 0.4) is 0 Å². The van der Waals surface area contributed by atoms with Gasteiger partial charge in [0.2, 0.25) is 11.8 Å². The molecule has 4 heteroatoms. The lowest BCUT2D eigenvalue weighted by atomic mass is 9.85. The molecular formula is C19H26N2O2. The van der Waals surface area contributed by atoms with Gasteiger partial charge in [0.15, 0.2) is 0 Å². The van der Waals surface area contributed by atoms with Gasteiger partial charge in [-0.2, -0.15) is 0 Å². The lowest BCUT2D eigenvalue weighted by Gasteiger charge is -2.30. The minimum Gasteiger partial charge on any atom is -0.353 e. The van der Waals surface area contributed by atoms with Gasteiger partial charge in [0.25, 0.3) is 0 Å². The van der Waals surface area contributed by atoms with Gasteiger partial charge in [0.1, 0.15) is 0 Å². The maximum absolute atomic E-state index is 12.6. The van der Waals surface area contributed by atoms with E-state index >= 15 is 0 Å². The summed E-state index contributed by atoms with van der Waals surface area (Å²) in [5.74, 6) is 0.415. The van der Waals surface area contributed by atoms with Crippen LogP contribution in [0.5, 0.6) is 0 Å². The van der Waals surface area contributed by atoms with Gasteiger partial charge >= 0.3 is 0 Å². The van der Waals surface area contributed by atoms with Crippen LogP contribution in [0.2, 0.25) is 0 Å². The molecule has 2 aliphatic rings. The van der Waals surface area contributed by atoms with E-state index in [2.05, 4.69) is 12.2 Å². The topological polar surface area (TPSA) is 49.4 Å². The third kappa shape index (κ3) is 3.41. The second kappa shape index (κ2) is 6.73. The summed E-state index contributed by atoms with van der Waals surface area (Å²) in [7, 11) is 0. The molecule has 1 saturated heterocycles. The van der Waals surface area contributed by atoms with Gasteiger partial charge in [-0.05, 0) is 37.3 Å². The van der Waals surface area contributed by atoms with E-state index in [0.717, 1.165) is 17.7 Å². The summed E-state index contributed by atoms with van der Waals surface area (Å²) >= 11 is 0. The van der Waals surface area contributed by atoms with Crippen LogP contribution in [0.15, 0.2) is 24.3 Å². The van der Waals surface area contributed by atoms with Gasteiger partial charge in [-0.25, -0.2) is 0 Å².